The van der Waals surface area contributed by atoms with E-state index >= 15 is 0 Å². The molecule has 2 heteroatoms. The third kappa shape index (κ3) is 12.5. The van der Waals surface area contributed by atoms with Gasteiger partial charge < -0.3 is 0 Å². The first-order valence-corrected chi connectivity index (χ1v) is 8.52. The lowest BCUT2D eigenvalue weighted by atomic mass is 9.96. The van der Waals surface area contributed by atoms with Crippen molar-refractivity contribution in [2.45, 2.75) is 83.2 Å². The zero-order valence-corrected chi connectivity index (χ0v) is 13.1. The topological polar surface area (TPSA) is 0 Å². The van der Waals surface area contributed by atoms with E-state index in [4.69, 9.17) is 0 Å². The van der Waals surface area contributed by atoms with Crippen molar-refractivity contribution < 1.29 is 0 Å². The fourth-order valence-electron chi connectivity index (χ4n) is 2.09. The highest BCUT2D eigenvalue weighted by Gasteiger charge is 2.01. The third-order valence-corrected chi connectivity index (χ3v) is 3.95. The Labute approximate surface area is 110 Å². The van der Waals surface area contributed by atoms with E-state index in [1.54, 1.807) is 0 Å². The Kier molecular flexibility index (Phi) is 13.9. The lowest BCUT2D eigenvalue weighted by Crippen LogP contribution is -1.95. The van der Waals surface area contributed by atoms with Crippen LogP contribution in [0.4, 0.5) is 0 Å². The zero-order valence-electron chi connectivity index (χ0n) is 11.1. The van der Waals surface area contributed by atoms with Crippen LogP contribution < -0.4 is 0 Å². The van der Waals surface area contributed by atoms with Crippen LogP contribution in [-0.4, -0.2) is 20.5 Å². The molecule has 6 radical (unpaired) electrons. The summed E-state index contributed by atoms with van der Waals surface area (Å²) in [6.45, 7) is 2.42. The van der Waals surface area contributed by atoms with Crippen molar-refractivity contribution in [3.63, 3.8) is 0 Å². The Morgan fingerprint density at radius 1 is 0.625 bits per heavy atom. The number of hydrogen-bond donors (Lipinski definition) is 0. The molecule has 0 aromatic carbocycles. The summed E-state index contributed by atoms with van der Waals surface area (Å²) >= 11 is 0. The molecule has 0 N–H and O–H groups in total. The summed E-state index contributed by atoms with van der Waals surface area (Å²) in [5.41, 5.74) is 0. The van der Waals surface area contributed by atoms with Gasteiger partial charge >= 0.3 is 0 Å². The Morgan fingerprint density at radius 2 is 1.00 bits per heavy atom. The van der Waals surface area contributed by atoms with Crippen LogP contribution in [0.1, 0.15) is 71.1 Å². The Balaban J connectivity index is 3.09. The molecule has 0 saturated heterocycles. The van der Waals surface area contributed by atoms with Crippen molar-refractivity contribution >= 4 is 20.5 Å². The van der Waals surface area contributed by atoms with Crippen LogP contribution in [0.5, 0.6) is 0 Å². The molecule has 0 atom stereocenters. The number of rotatable bonds is 12. The van der Waals surface area contributed by atoms with Gasteiger partial charge in [-0.05, 0) is 5.92 Å². The fourth-order valence-corrected chi connectivity index (χ4v) is 2.59. The summed E-state index contributed by atoms with van der Waals surface area (Å²) < 4.78 is 0. The van der Waals surface area contributed by atoms with Crippen molar-refractivity contribution in [1.29, 1.82) is 0 Å². The van der Waals surface area contributed by atoms with Crippen LogP contribution in [0.3, 0.4) is 0 Å². The second kappa shape index (κ2) is 13.5. The van der Waals surface area contributed by atoms with Crippen LogP contribution in [0.2, 0.25) is 12.1 Å². The van der Waals surface area contributed by atoms with E-state index in [0.717, 1.165) is 5.92 Å². The minimum Gasteiger partial charge on any atom is -0.0638 e. The molecule has 0 spiro atoms. The molecule has 16 heavy (non-hydrogen) atoms. The van der Waals surface area contributed by atoms with Crippen LogP contribution in [0, 0.1) is 5.92 Å². The van der Waals surface area contributed by atoms with Crippen molar-refractivity contribution in [3.8, 4) is 0 Å². The molecule has 0 amide bonds. The van der Waals surface area contributed by atoms with Crippen molar-refractivity contribution in [2.75, 3.05) is 0 Å². The molecule has 0 aliphatic rings. The quantitative estimate of drug-likeness (QED) is 0.349. The maximum absolute atomic E-state index is 3.53. The monoisotopic (exact) mass is 252 g/mol. The predicted octanol–water partition coefficient (Wildman–Crippen LogP) is 4.70. The molecule has 92 valence electrons. The Hall–Kier alpha value is 0.434. The molecule has 0 saturated carbocycles. The maximum Gasteiger partial charge on any atom is 0.0222 e. The molecular formula is C14H28Si2. The predicted molar refractivity (Wildman–Crippen MR) is 76.5 cm³/mol. The van der Waals surface area contributed by atoms with Gasteiger partial charge in [0, 0.05) is 20.5 Å². The van der Waals surface area contributed by atoms with Gasteiger partial charge in [-0.3, -0.25) is 0 Å². The minimum absolute atomic E-state index is 0.951. The van der Waals surface area contributed by atoms with E-state index in [1.165, 1.54) is 76.3 Å². The van der Waals surface area contributed by atoms with Gasteiger partial charge in [0.2, 0.25) is 0 Å². The van der Waals surface area contributed by atoms with E-state index < -0.39 is 0 Å². The Morgan fingerprint density at radius 3 is 1.38 bits per heavy atom. The smallest absolute Gasteiger partial charge is 0.0222 e. The van der Waals surface area contributed by atoms with E-state index in [2.05, 4.69) is 27.4 Å². The summed E-state index contributed by atoms with van der Waals surface area (Å²) in [4.78, 5) is 0. The second-order valence-corrected chi connectivity index (χ2v) is 6.01. The molecule has 0 aromatic heterocycles. The van der Waals surface area contributed by atoms with Crippen LogP contribution >= 0.6 is 0 Å². The first-order chi connectivity index (χ1) is 7.81. The van der Waals surface area contributed by atoms with Gasteiger partial charge in [-0.2, -0.15) is 0 Å². The van der Waals surface area contributed by atoms with E-state index in [9.17, 15) is 0 Å². The minimum atomic E-state index is 0.951. The largest absolute Gasteiger partial charge is 0.0638 e. The summed E-state index contributed by atoms with van der Waals surface area (Å²) in [6, 6.07) is 2.34. The molecule has 0 nitrogen and oxygen atoms in total. The van der Waals surface area contributed by atoms with Gasteiger partial charge in [-0.25, -0.2) is 0 Å². The standard InChI is InChI=1S/C14H28Si2/c1-14(10-6-2-4-8-12-15)11-7-3-5-9-13-16/h14H,2-13H2,1H3. The molecule has 0 fully saturated rings. The Bertz CT molecular complexity index is 112. The van der Waals surface area contributed by atoms with Gasteiger partial charge in [0.15, 0.2) is 0 Å². The van der Waals surface area contributed by atoms with E-state index in [0.29, 0.717) is 0 Å². The highest BCUT2D eigenvalue weighted by Crippen LogP contribution is 2.17. The van der Waals surface area contributed by atoms with Crippen LogP contribution in [0.25, 0.3) is 0 Å². The van der Waals surface area contributed by atoms with E-state index in [-0.39, 0.29) is 0 Å². The highest BCUT2D eigenvalue weighted by atomic mass is 28.1. The second-order valence-electron chi connectivity index (χ2n) is 5.01. The van der Waals surface area contributed by atoms with Gasteiger partial charge in [0.05, 0.1) is 0 Å². The molecule has 0 unspecified atom stereocenters. The lowest BCUT2D eigenvalue weighted by molar-refractivity contribution is 0.436. The fraction of sp³-hybridized carbons (Fsp3) is 1.00. The first kappa shape index (κ1) is 16.4. The number of hydrogen-bond acceptors (Lipinski definition) is 0. The summed E-state index contributed by atoms with van der Waals surface area (Å²) in [5.74, 6) is 0.951. The van der Waals surface area contributed by atoms with Crippen LogP contribution in [0.15, 0.2) is 0 Å². The van der Waals surface area contributed by atoms with Crippen molar-refractivity contribution in [3.05, 3.63) is 0 Å². The summed E-state index contributed by atoms with van der Waals surface area (Å²) in [6.07, 6.45) is 14.1. The first-order valence-electron chi connectivity index (χ1n) is 7.10. The lowest BCUT2D eigenvalue weighted by Gasteiger charge is -2.10. The van der Waals surface area contributed by atoms with Crippen LogP contribution in [-0.2, 0) is 0 Å². The molecule has 0 aromatic rings. The maximum atomic E-state index is 3.53. The summed E-state index contributed by atoms with van der Waals surface area (Å²) in [5, 5.41) is 0. The van der Waals surface area contributed by atoms with Gasteiger partial charge in [-0.1, -0.05) is 83.2 Å². The normalized spacial score (nSPS) is 11.2. The molecular weight excluding hydrogens is 224 g/mol. The zero-order chi connectivity index (χ0) is 12.1. The third-order valence-electron chi connectivity index (χ3n) is 3.25. The molecule has 0 aliphatic carbocycles. The molecule has 0 heterocycles. The number of unbranched alkanes of at least 4 members (excludes halogenated alkanes) is 6. The van der Waals surface area contributed by atoms with E-state index in [1.807, 2.05) is 0 Å². The summed E-state index contributed by atoms with van der Waals surface area (Å²) in [7, 11) is 7.05. The van der Waals surface area contributed by atoms with Crippen molar-refractivity contribution in [1.82, 2.24) is 0 Å². The van der Waals surface area contributed by atoms with Gasteiger partial charge in [-0.15, -0.1) is 0 Å². The molecule has 0 bridgehead atoms. The average molecular weight is 253 g/mol. The van der Waals surface area contributed by atoms with Crippen molar-refractivity contribution in [2.24, 2.45) is 5.92 Å². The highest BCUT2D eigenvalue weighted by molar-refractivity contribution is 6.08. The molecule has 0 aliphatic heterocycles. The molecule has 0 rings (SSSR count). The SMILES string of the molecule is CC(CCCCCC[Si])CCCCCC[Si]. The average Bonchev–Trinajstić information content (AvgIpc) is 2.28. The van der Waals surface area contributed by atoms with Gasteiger partial charge in [0.1, 0.15) is 0 Å². The van der Waals surface area contributed by atoms with Gasteiger partial charge in [0.25, 0.3) is 0 Å².